The van der Waals surface area contributed by atoms with E-state index in [1.54, 1.807) is 48.5 Å². The Hall–Kier alpha value is -2.86. The first-order valence-corrected chi connectivity index (χ1v) is 8.96. The van der Waals surface area contributed by atoms with E-state index in [4.69, 9.17) is 11.6 Å². The Morgan fingerprint density at radius 3 is 2.44 bits per heavy atom. The molecule has 0 unspecified atom stereocenters. The molecular formula is C20H19ClN2O4. The number of nitrogens with zero attached hydrogens (tertiary/aromatic N) is 1. The van der Waals surface area contributed by atoms with Gasteiger partial charge in [0.2, 0.25) is 5.91 Å². The van der Waals surface area contributed by atoms with Crippen LogP contribution in [0.3, 0.4) is 0 Å². The van der Waals surface area contributed by atoms with Crippen LogP contribution in [0.15, 0.2) is 48.5 Å². The second kappa shape index (κ2) is 8.22. The van der Waals surface area contributed by atoms with Crippen molar-refractivity contribution in [3.05, 3.63) is 64.7 Å². The number of amides is 2. The molecule has 2 amide bonds. The van der Waals surface area contributed by atoms with E-state index in [1.807, 2.05) is 0 Å². The number of carboxylic acid groups (broad SMARTS) is 1. The van der Waals surface area contributed by atoms with Gasteiger partial charge in [-0.15, -0.1) is 0 Å². The molecular weight excluding hydrogens is 368 g/mol. The minimum absolute atomic E-state index is 0.0526. The van der Waals surface area contributed by atoms with Gasteiger partial charge in [-0.25, -0.2) is 0 Å². The summed E-state index contributed by atoms with van der Waals surface area (Å²) in [7, 11) is 0. The Morgan fingerprint density at radius 2 is 1.81 bits per heavy atom. The molecule has 0 spiro atoms. The fourth-order valence-electron chi connectivity index (χ4n) is 2.68. The molecule has 1 saturated carbocycles. The number of carboxylic acids is 1. The molecule has 1 aliphatic carbocycles. The second-order valence-electron chi connectivity index (χ2n) is 6.53. The number of carbonyl (C=O) groups excluding carboxylic acids is 2. The van der Waals surface area contributed by atoms with E-state index in [0.717, 1.165) is 18.4 Å². The van der Waals surface area contributed by atoms with Crippen molar-refractivity contribution in [3.63, 3.8) is 0 Å². The Morgan fingerprint density at radius 1 is 1.11 bits per heavy atom. The smallest absolute Gasteiger partial charge is 0.323 e. The molecule has 1 aliphatic rings. The third-order valence-electron chi connectivity index (χ3n) is 4.23. The van der Waals surface area contributed by atoms with Crippen LogP contribution in [-0.2, 0) is 16.1 Å². The van der Waals surface area contributed by atoms with Crippen LogP contribution in [-0.4, -0.2) is 34.3 Å². The van der Waals surface area contributed by atoms with Gasteiger partial charge in [-0.1, -0.05) is 29.8 Å². The maximum atomic E-state index is 12.9. The zero-order chi connectivity index (χ0) is 19.4. The highest BCUT2D eigenvalue weighted by Gasteiger charge is 2.29. The van der Waals surface area contributed by atoms with Crippen molar-refractivity contribution >= 4 is 35.1 Å². The molecule has 2 N–H and O–H groups in total. The minimum atomic E-state index is -1.10. The van der Waals surface area contributed by atoms with Crippen LogP contribution in [0.4, 0.5) is 5.69 Å². The van der Waals surface area contributed by atoms with Crippen LogP contribution in [0.1, 0.15) is 28.8 Å². The molecule has 1 fully saturated rings. The third-order valence-corrected chi connectivity index (χ3v) is 4.48. The fourth-order valence-corrected chi connectivity index (χ4v) is 2.80. The Kier molecular flexibility index (Phi) is 5.76. The number of halogens is 1. The average molecular weight is 387 g/mol. The van der Waals surface area contributed by atoms with Crippen LogP contribution in [0.2, 0.25) is 5.02 Å². The van der Waals surface area contributed by atoms with Crippen molar-refractivity contribution < 1.29 is 19.5 Å². The number of rotatable bonds is 7. The van der Waals surface area contributed by atoms with Crippen molar-refractivity contribution in [2.45, 2.75) is 19.4 Å². The van der Waals surface area contributed by atoms with Crippen molar-refractivity contribution in [1.29, 1.82) is 0 Å². The molecule has 140 valence electrons. The molecule has 27 heavy (non-hydrogen) atoms. The molecule has 6 nitrogen and oxygen atoms in total. The number of anilines is 1. The number of nitrogens with one attached hydrogen (secondary N) is 1. The Bertz CT molecular complexity index is 863. The lowest BCUT2D eigenvalue weighted by Crippen LogP contribution is -2.35. The van der Waals surface area contributed by atoms with E-state index in [-0.39, 0.29) is 18.4 Å². The Balaban J connectivity index is 1.77. The molecule has 7 heteroatoms. The van der Waals surface area contributed by atoms with Crippen LogP contribution in [0, 0.1) is 5.92 Å². The minimum Gasteiger partial charge on any atom is -0.480 e. The number of hydrogen-bond acceptors (Lipinski definition) is 3. The lowest BCUT2D eigenvalue weighted by molar-refractivity contribution is -0.137. The molecule has 0 radical (unpaired) electrons. The number of aliphatic carboxylic acids is 1. The second-order valence-corrected chi connectivity index (χ2v) is 6.96. The zero-order valence-corrected chi connectivity index (χ0v) is 15.3. The van der Waals surface area contributed by atoms with E-state index >= 15 is 0 Å². The first-order valence-electron chi connectivity index (χ1n) is 8.59. The molecule has 0 aliphatic heterocycles. The number of benzene rings is 2. The molecule has 0 heterocycles. The summed E-state index contributed by atoms with van der Waals surface area (Å²) in [6.45, 7) is -0.291. The quantitative estimate of drug-likeness (QED) is 0.763. The SMILES string of the molecule is O=C(O)CN(Cc1ccc(Cl)cc1)C(=O)c1cccc(NC(=O)C2CC2)c1. The summed E-state index contributed by atoms with van der Waals surface area (Å²) >= 11 is 5.87. The largest absolute Gasteiger partial charge is 0.480 e. The van der Waals surface area contributed by atoms with Crippen LogP contribution < -0.4 is 5.32 Å². The lowest BCUT2D eigenvalue weighted by Gasteiger charge is -2.21. The van der Waals surface area contributed by atoms with Crippen molar-refractivity contribution in [2.75, 3.05) is 11.9 Å². The normalized spacial score (nSPS) is 13.1. The van der Waals surface area contributed by atoms with Crippen LogP contribution >= 0.6 is 11.6 Å². The van der Waals surface area contributed by atoms with E-state index in [1.165, 1.54) is 4.90 Å². The van der Waals surface area contributed by atoms with Gasteiger partial charge in [0.1, 0.15) is 6.54 Å². The summed E-state index contributed by atoms with van der Waals surface area (Å²) in [5.41, 5.74) is 1.62. The summed E-state index contributed by atoms with van der Waals surface area (Å²) in [6, 6.07) is 13.4. The summed E-state index contributed by atoms with van der Waals surface area (Å²) in [4.78, 5) is 37.2. The van der Waals surface area contributed by atoms with Gasteiger partial charge in [-0.3, -0.25) is 14.4 Å². The molecule has 2 aromatic carbocycles. The van der Waals surface area contributed by atoms with Gasteiger partial charge in [0.15, 0.2) is 0 Å². The lowest BCUT2D eigenvalue weighted by atomic mass is 10.1. The summed E-state index contributed by atoms with van der Waals surface area (Å²) < 4.78 is 0. The standard InChI is InChI=1S/C20H19ClN2O4/c21-16-8-4-13(5-9-16)11-23(12-18(24)25)20(27)15-2-1-3-17(10-15)22-19(26)14-6-7-14/h1-5,8-10,14H,6-7,11-12H2,(H,22,26)(H,24,25). The van der Waals surface area contributed by atoms with Gasteiger partial charge < -0.3 is 15.3 Å². The fraction of sp³-hybridized carbons (Fsp3) is 0.250. The molecule has 0 bridgehead atoms. The third kappa shape index (κ3) is 5.31. The molecule has 0 aromatic heterocycles. The first-order chi connectivity index (χ1) is 12.9. The summed E-state index contributed by atoms with van der Waals surface area (Å²) in [5.74, 6) is -1.52. The van der Waals surface area contributed by atoms with Gasteiger partial charge in [0.25, 0.3) is 5.91 Å². The van der Waals surface area contributed by atoms with E-state index < -0.39 is 18.4 Å². The van der Waals surface area contributed by atoms with Gasteiger partial charge in [-0.05, 0) is 48.7 Å². The topological polar surface area (TPSA) is 86.7 Å². The monoisotopic (exact) mass is 386 g/mol. The Labute approximate surface area is 161 Å². The predicted molar refractivity (Wildman–Crippen MR) is 102 cm³/mol. The van der Waals surface area contributed by atoms with Crippen LogP contribution in [0.5, 0.6) is 0 Å². The molecule has 3 rings (SSSR count). The van der Waals surface area contributed by atoms with E-state index in [9.17, 15) is 19.5 Å². The number of carbonyl (C=O) groups is 3. The van der Waals surface area contributed by atoms with Crippen molar-refractivity contribution in [2.24, 2.45) is 5.92 Å². The maximum absolute atomic E-state index is 12.9. The van der Waals surface area contributed by atoms with Crippen molar-refractivity contribution in [1.82, 2.24) is 4.90 Å². The highest BCUT2D eigenvalue weighted by Crippen LogP contribution is 2.30. The molecule has 0 atom stereocenters. The maximum Gasteiger partial charge on any atom is 0.323 e. The van der Waals surface area contributed by atoms with E-state index in [2.05, 4.69) is 5.32 Å². The van der Waals surface area contributed by atoms with Gasteiger partial charge in [0.05, 0.1) is 0 Å². The molecule has 2 aromatic rings. The predicted octanol–water partition coefficient (Wildman–Crippen LogP) is 3.42. The highest BCUT2D eigenvalue weighted by atomic mass is 35.5. The van der Waals surface area contributed by atoms with Gasteiger partial charge >= 0.3 is 5.97 Å². The van der Waals surface area contributed by atoms with Gasteiger partial charge in [-0.2, -0.15) is 0 Å². The van der Waals surface area contributed by atoms with Crippen LogP contribution in [0.25, 0.3) is 0 Å². The first kappa shape index (κ1) is 18.9. The average Bonchev–Trinajstić information content (AvgIpc) is 3.47. The summed E-state index contributed by atoms with van der Waals surface area (Å²) in [6.07, 6.45) is 1.77. The van der Waals surface area contributed by atoms with Crippen molar-refractivity contribution in [3.8, 4) is 0 Å². The summed E-state index contributed by atoms with van der Waals surface area (Å²) in [5, 5.41) is 12.5. The zero-order valence-electron chi connectivity index (χ0n) is 14.5. The van der Waals surface area contributed by atoms with E-state index in [0.29, 0.717) is 16.3 Å². The highest BCUT2D eigenvalue weighted by molar-refractivity contribution is 6.30. The van der Waals surface area contributed by atoms with Gasteiger partial charge in [0, 0.05) is 28.7 Å². The number of hydrogen-bond donors (Lipinski definition) is 2. The molecule has 0 saturated heterocycles.